The third-order valence-electron chi connectivity index (χ3n) is 4.39. The number of halogens is 1. The molecule has 2 aromatic rings. The Hall–Kier alpha value is -2.53. The smallest absolute Gasteiger partial charge is 0.123 e. The summed E-state index contributed by atoms with van der Waals surface area (Å²) in [7, 11) is 0. The summed E-state index contributed by atoms with van der Waals surface area (Å²) in [5.41, 5.74) is 5.36. The number of nitrogens with zero attached hydrogens (tertiary/aromatic N) is 1. The molecule has 0 radical (unpaired) electrons. The topological polar surface area (TPSA) is 50.5 Å². The van der Waals surface area contributed by atoms with Crippen LogP contribution in [0.1, 0.15) is 11.1 Å². The number of hydrogen-bond donors (Lipinski definition) is 2. The molecule has 2 heterocycles. The summed E-state index contributed by atoms with van der Waals surface area (Å²) in [6, 6.07) is 18.0. The lowest BCUT2D eigenvalue weighted by atomic mass is 10.0. The van der Waals surface area contributed by atoms with Crippen LogP contribution in [0.15, 0.2) is 78.6 Å². The molecule has 0 fully saturated rings. The monoisotopic (exact) mass is 351 g/mol. The van der Waals surface area contributed by atoms with Crippen molar-refractivity contribution in [3.05, 3.63) is 94.8 Å². The van der Waals surface area contributed by atoms with Gasteiger partial charge in [-0.2, -0.15) is 0 Å². The normalized spacial score (nSPS) is 18.9. The average molecular weight is 352 g/mol. The van der Waals surface area contributed by atoms with Gasteiger partial charge < -0.3 is 10.2 Å². The Morgan fingerprint density at radius 3 is 2.52 bits per heavy atom. The van der Waals surface area contributed by atoms with Crippen molar-refractivity contribution < 1.29 is 4.84 Å². The highest BCUT2D eigenvalue weighted by molar-refractivity contribution is 6.30. The van der Waals surface area contributed by atoms with Gasteiger partial charge in [0.15, 0.2) is 0 Å². The summed E-state index contributed by atoms with van der Waals surface area (Å²) >= 11 is 6.01. The molecule has 0 saturated heterocycles. The Kier molecular flexibility index (Phi) is 4.32. The quantitative estimate of drug-likeness (QED) is 0.824. The van der Waals surface area contributed by atoms with E-state index in [-0.39, 0.29) is 6.17 Å². The summed E-state index contributed by atoms with van der Waals surface area (Å²) in [5.74, 6) is 5.39. The predicted molar refractivity (Wildman–Crippen MR) is 101 cm³/mol. The molecule has 1 unspecified atom stereocenters. The molecular weight excluding hydrogens is 334 g/mol. The van der Waals surface area contributed by atoms with Crippen LogP contribution in [-0.4, -0.2) is 17.7 Å². The first kappa shape index (κ1) is 16.0. The molecule has 0 aliphatic carbocycles. The van der Waals surface area contributed by atoms with E-state index >= 15 is 0 Å². The Labute approximate surface area is 151 Å². The van der Waals surface area contributed by atoms with Crippen LogP contribution in [0, 0.1) is 0 Å². The SMILES string of the molecule is NOCC1=C(c2ccc(Cl)cc2)NC2C=CC(c3ccccc3)=CN12. The van der Waals surface area contributed by atoms with Gasteiger partial charge in [-0.3, -0.25) is 4.84 Å². The van der Waals surface area contributed by atoms with E-state index in [4.69, 9.17) is 22.3 Å². The predicted octanol–water partition coefficient (Wildman–Crippen LogP) is 3.74. The Morgan fingerprint density at radius 1 is 1.04 bits per heavy atom. The minimum Gasteiger partial charge on any atom is -0.360 e. The van der Waals surface area contributed by atoms with Crippen LogP contribution >= 0.6 is 11.6 Å². The third kappa shape index (κ3) is 3.07. The standard InChI is InChI=1S/C20H18ClN3O/c21-17-9-6-15(7-10-17)20-18(13-25-22)24-12-16(8-11-19(24)23-20)14-4-2-1-3-5-14/h1-12,19,23H,13,22H2. The van der Waals surface area contributed by atoms with Crippen LogP contribution < -0.4 is 11.2 Å². The van der Waals surface area contributed by atoms with Gasteiger partial charge >= 0.3 is 0 Å². The van der Waals surface area contributed by atoms with E-state index in [1.54, 1.807) is 0 Å². The molecule has 126 valence electrons. The van der Waals surface area contributed by atoms with E-state index in [0.717, 1.165) is 22.5 Å². The van der Waals surface area contributed by atoms with Gasteiger partial charge in [0.1, 0.15) is 12.8 Å². The van der Waals surface area contributed by atoms with Crippen molar-refractivity contribution >= 4 is 22.9 Å². The number of benzene rings is 2. The molecule has 1 atom stereocenters. The van der Waals surface area contributed by atoms with Gasteiger partial charge in [0, 0.05) is 11.2 Å². The molecule has 4 rings (SSSR count). The zero-order chi connectivity index (χ0) is 17.2. The summed E-state index contributed by atoms with van der Waals surface area (Å²) in [4.78, 5) is 7.14. The van der Waals surface area contributed by atoms with Crippen LogP contribution in [0.3, 0.4) is 0 Å². The van der Waals surface area contributed by atoms with Crippen molar-refractivity contribution in [3.8, 4) is 0 Å². The van der Waals surface area contributed by atoms with Crippen LogP contribution in [0.25, 0.3) is 11.3 Å². The molecule has 0 bridgehead atoms. The van der Waals surface area contributed by atoms with Crippen molar-refractivity contribution in [2.24, 2.45) is 5.90 Å². The Bertz CT molecular complexity index is 856. The molecule has 0 aromatic heterocycles. The van der Waals surface area contributed by atoms with Gasteiger partial charge in [-0.05, 0) is 34.9 Å². The average Bonchev–Trinajstić information content (AvgIpc) is 3.01. The molecule has 4 nitrogen and oxygen atoms in total. The second-order valence-corrected chi connectivity index (χ2v) is 6.38. The first-order valence-electron chi connectivity index (χ1n) is 8.07. The van der Waals surface area contributed by atoms with Crippen LogP contribution in [0.5, 0.6) is 0 Å². The van der Waals surface area contributed by atoms with Crippen molar-refractivity contribution in [2.45, 2.75) is 6.17 Å². The molecule has 0 saturated carbocycles. The van der Waals surface area contributed by atoms with Crippen molar-refractivity contribution in [3.63, 3.8) is 0 Å². The van der Waals surface area contributed by atoms with Crippen LogP contribution in [-0.2, 0) is 4.84 Å². The maximum Gasteiger partial charge on any atom is 0.123 e. The number of hydrogen-bond acceptors (Lipinski definition) is 4. The fourth-order valence-electron chi connectivity index (χ4n) is 3.18. The minimum absolute atomic E-state index is 0.0447. The van der Waals surface area contributed by atoms with Gasteiger partial charge in [0.25, 0.3) is 0 Å². The fraction of sp³-hybridized carbons (Fsp3) is 0.100. The first-order valence-corrected chi connectivity index (χ1v) is 8.45. The van der Waals surface area contributed by atoms with Crippen molar-refractivity contribution in [1.82, 2.24) is 10.2 Å². The van der Waals surface area contributed by atoms with E-state index < -0.39 is 0 Å². The maximum atomic E-state index is 6.01. The van der Waals surface area contributed by atoms with Crippen molar-refractivity contribution in [1.29, 1.82) is 0 Å². The largest absolute Gasteiger partial charge is 0.360 e. The lowest BCUT2D eigenvalue weighted by molar-refractivity contribution is 0.145. The molecule has 2 aliphatic rings. The summed E-state index contributed by atoms with van der Waals surface area (Å²) < 4.78 is 0. The maximum absolute atomic E-state index is 6.01. The minimum atomic E-state index is 0.0447. The molecule has 0 amide bonds. The lowest BCUT2D eigenvalue weighted by Crippen LogP contribution is -2.34. The summed E-state index contributed by atoms with van der Waals surface area (Å²) in [6.45, 7) is 0.313. The Morgan fingerprint density at radius 2 is 1.80 bits per heavy atom. The van der Waals surface area contributed by atoms with Crippen LogP contribution in [0.4, 0.5) is 0 Å². The molecule has 3 N–H and O–H groups in total. The molecule has 25 heavy (non-hydrogen) atoms. The molecule has 5 heteroatoms. The second kappa shape index (κ2) is 6.76. The summed E-state index contributed by atoms with van der Waals surface area (Å²) in [6.07, 6.45) is 6.45. The third-order valence-corrected chi connectivity index (χ3v) is 4.64. The van der Waals surface area contributed by atoms with Gasteiger partial charge in [-0.25, -0.2) is 5.90 Å². The lowest BCUT2D eigenvalue weighted by Gasteiger charge is -2.27. The zero-order valence-corrected chi connectivity index (χ0v) is 14.3. The van der Waals surface area contributed by atoms with E-state index in [2.05, 4.69) is 40.7 Å². The van der Waals surface area contributed by atoms with Crippen LogP contribution in [0.2, 0.25) is 5.02 Å². The highest BCUT2D eigenvalue weighted by Gasteiger charge is 2.31. The molecule has 2 aromatic carbocycles. The highest BCUT2D eigenvalue weighted by atomic mass is 35.5. The summed E-state index contributed by atoms with van der Waals surface area (Å²) in [5, 5.41) is 4.24. The molecular formula is C20H18ClN3O. The zero-order valence-electron chi connectivity index (χ0n) is 13.5. The van der Waals surface area contributed by atoms with E-state index in [1.165, 1.54) is 5.56 Å². The molecule has 0 spiro atoms. The van der Waals surface area contributed by atoms with Gasteiger partial charge in [0.2, 0.25) is 0 Å². The highest BCUT2D eigenvalue weighted by Crippen LogP contribution is 2.33. The number of rotatable bonds is 4. The fourth-order valence-corrected chi connectivity index (χ4v) is 3.30. The van der Waals surface area contributed by atoms with Gasteiger partial charge in [-0.15, -0.1) is 0 Å². The number of fused-ring (bicyclic) bond motifs is 1. The van der Waals surface area contributed by atoms with E-state index in [1.807, 2.05) is 42.5 Å². The molecule has 2 aliphatic heterocycles. The number of nitrogens with one attached hydrogen (secondary N) is 1. The van der Waals surface area contributed by atoms with E-state index in [0.29, 0.717) is 11.6 Å². The first-order chi connectivity index (χ1) is 12.3. The van der Waals surface area contributed by atoms with Crippen molar-refractivity contribution in [2.75, 3.05) is 6.61 Å². The Balaban J connectivity index is 1.74. The second-order valence-electron chi connectivity index (χ2n) is 5.95. The van der Waals surface area contributed by atoms with Gasteiger partial charge in [-0.1, -0.05) is 60.1 Å². The van der Waals surface area contributed by atoms with Gasteiger partial charge in [0.05, 0.1) is 11.4 Å². The van der Waals surface area contributed by atoms with E-state index in [9.17, 15) is 0 Å². The number of allylic oxidation sites excluding steroid dienone is 2. The number of nitrogens with two attached hydrogens (primary N) is 1.